The molecular weight excluding hydrogens is 400 g/mol. The van der Waals surface area contributed by atoms with Crippen molar-refractivity contribution in [2.24, 2.45) is 0 Å². The van der Waals surface area contributed by atoms with Gasteiger partial charge in [0, 0.05) is 33.1 Å². The molecule has 1 saturated heterocycles. The van der Waals surface area contributed by atoms with Gasteiger partial charge in [-0.25, -0.2) is 9.36 Å². The molecule has 2 amide bonds. The first-order valence-corrected chi connectivity index (χ1v) is 10.2. The van der Waals surface area contributed by atoms with Crippen LogP contribution in [0.25, 0.3) is 16.8 Å². The molecule has 1 aliphatic heterocycles. The molecule has 31 heavy (non-hydrogen) atoms. The quantitative estimate of drug-likeness (QED) is 0.688. The summed E-state index contributed by atoms with van der Waals surface area (Å²) in [5, 5.41) is 0.0638. The van der Waals surface area contributed by atoms with Gasteiger partial charge in [-0.2, -0.15) is 0 Å². The molecule has 9 heteroatoms. The highest BCUT2D eigenvalue weighted by Gasteiger charge is 2.31. The van der Waals surface area contributed by atoms with E-state index in [-0.39, 0.29) is 40.3 Å². The molecule has 1 fully saturated rings. The number of carbonyl (C=O) groups excluding carboxylic acids is 2. The van der Waals surface area contributed by atoms with Gasteiger partial charge < -0.3 is 14.2 Å². The van der Waals surface area contributed by atoms with Gasteiger partial charge in [-0.1, -0.05) is 18.2 Å². The van der Waals surface area contributed by atoms with E-state index in [0.29, 0.717) is 31.6 Å². The van der Waals surface area contributed by atoms with Crippen LogP contribution < -0.4 is 11.2 Å². The zero-order valence-corrected chi connectivity index (χ0v) is 17.7. The fourth-order valence-corrected chi connectivity index (χ4v) is 4.13. The van der Waals surface area contributed by atoms with Crippen LogP contribution in [0.15, 0.2) is 44.3 Å². The van der Waals surface area contributed by atoms with Crippen molar-refractivity contribution in [1.82, 2.24) is 19.4 Å². The Hall–Kier alpha value is -3.62. The van der Waals surface area contributed by atoms with E-state index in [1.54, 1.807) is 54.1 Å². The summed E-state index contributed by atoms with van der Waals surface area (Å²) < 4.78 is 6.59. The summed E-state index contributed by atoms with van der Waals surface area (Å²) in [7, 11) is 1.76. The number of furan rings is 1. The first kappa shape index (κ1) is 20.6. The van der Waals surface area contributed by atoms with Crippen LogP contribution in [0.1, 0.15) is 35.9 Å². The van der Waals surface area contributed by atoms with Crippen molar-refractivity contribution in [2.75, 3.05) is 20.1 Å². The molecule has 4 rings (SSSR count). The summed E-state index contributed by atoms with van der Waals surface area (Å²) in [6, 6.07) is 8.60. The Balaban J connectivity index is 1.73. The van der Waals surface area contributed by atoms with Gasteiger partial charge in [-0.15, -0.1) is 0 Å². The molecule has 0 radical (unpaired) electrons. The third kappa shape index (κ3) is 3.56. The average Bonchev–Trinajstić information content (AvgIpc) is 3.09. The summed E-state index contributed by atoms with van der Waals surface area (Å²) in [5.41, 5.74) is -0.671. The molecule has 1 aromatic carbocycles. The van der Waals surface area contributed by atoms with Gasteiger partial charge in [0.05, 0.1) is 11.3 Å². The van der Waals surface area contributed by atoms with Crippen molar-refractivity contribution < 1.29 is 14.0 Å². The van der Waals surface area contributed by atoms with E-state index >= 15 is 0 Å². The standard InChI is InChI=1S/C22H24N4O5/c1-13-17(20(28)25-11-9-15(10-12-25)24(3)14(2)27)18-19(31-13)23-22(30)26(21(18)29)16-7-5-4-6-8-16/h4-8,15H,9-12H2,1-3H3,(H,23,30). The van der Waals surface area contributed by atoms with E-state index in [1.807, 2.05) is 0 Å². The Morgan fingerprint density at radius 1 is 1.13 bits per heavy atom. The monoisotopic (exact) mass is 424 g/mol. The SMILES string of the molecule is CC(=O)N(C)C1CCN(C(=O)c2c(C)oc3[nH]c(=O)n(-c4ccccc4)c(=O)c23)CC1. The maximum atomic E-state index is 13.3. The van der Waals surface area contributed by atoms with Gasteiger partial charge in [-0.05, 0) is 31.9 Å². The lowest BCUT2D eigenvalue weighted by Crippen LogP contribution is -2.47. The summed E-state index contributed by atoms with van der Waals surface area (Å²) in [6.07, 6.45) is 1.31. The van der Waals surface area contributed by atoms with E-state index in [1.165, 1.54) is 6.92 Å². The van der Waals surface area contributed by atoms with Crippen LogP contribution in [0.4, 0.5) is 0 Å². The van der Waals surface area contributed by atoms with Crippen LogP contribution in [0.2, 0.25) is 0 Å². The average molecular weight is 424 g/mol. The second-order valence-corrected chi connectivity index (χ2v) is 7.80. The fourth-order valence-electron chi connectivity index (χ4n) is 4.13. The zero-order chi connectivity index (χ0) is 22.3. The molecule has 162 valence electrons. The first-order chi connectivity index (χ1) is 14.8. The van der Waals surface area contributed by atoms with Gasteiger partial charge in [0.2, 0.25) is 11.6 Å². The van der Waals surface area contributed by atoms with Crippen LogP contribution in [-0.4, -0.2) is 57.3 Å². The topological polar surface area (TPSA) is 109 Å². The minimum Gasteiger partial charge on any atom is -0.444 e. The van der Waals surface area contributed by atoms with E-state index in [4.69, 9.17) is 4.42 Å². The molecule has 0 aliphatic carbocycles. The van der Waals surface area contributed by atoms with E-state index < -0.39 is 11.2 Å². The number of fused-ring (bicyclic) bond motifs is 1. The van der Waals surface area contributed by atoms with Gasteiger partial charge in [0.15, 0.2) is 0 Å². The highest BCUT2D eigenvalue weighted by atomic mass is 16.3. The second kappa shape index (κ2) is 7.90. The molecule has 9 nitrogen and oxygen atoms in total. The maximum Gasteiger partial charge on any atom is 0.335 e. The smallest absolute Gasteiger partial charge is 0.335 e. The molecular formula is C22H24N4O5. The number of aromatic amines is 1. The van der Waals surface area contributed by atoms with Crippen LogP contribution >= 0.6 is 0 Å². The zero-order valence-electron chi connectivity index (χ0n) is 17.7. The molecule has 3 heterocycles. The molecule has 0 spiro atoms. The third-order valence-corrected chi connectivity index (χ3v) is 5.95. The largest absolute Gasteiger partial charge is 0.444 e. The lowest BCUT2D eigenvalue weighted by atomic mass is 10.0. The summed E-state index contributed by atoms with van der Waals surface area (Å²) in [5.74, 6) is -0.0441. The number of rotatable bonds is 3. The minimum absolute atomic E-state index is 0.00534. The third-order valence-electron chi connectivity index (χ3n) is 5.95. The number of aryl methyl sites for hydroxylation is 1. The summed E-state index contributed by atoms with van der Waals surface area (Å²) in [4.78, 5) is 56.7. The van der Waals surface area contributed by atoms with E-state index in [0.717, 1.165) is 4.57 Å². The van der Waals surface area contributed by atoms with Crippen molar-refractivity contribution in [3.05, 3.63) is 62.5 Å². The highest BCUT2D eigenvalue weighted by molar-refractivity contribution is 6.06. The molecule has 0 atom stereocenters. The maximum absolute atomic E-state index is 13.3. The lowest BCUT2D eigenvalue weighted by Gasteiger charge is -2.36. The number of piperidine rings is 1. The van der Waals surface area contributed by atoms with Crippen molar-refractivity contribution in [3.8, 4) is 5.69 Å². The Morgan fingerprint density at radius 2 is 1.77 bits per heavy atom. The predicted molar refractivity (Wildman–Crippen MR) is 115 cm³/mol. The van der Waals surface area contributed by atoms with Crippen LogP contribution in [0.3, 0.4) is 0 Å². The number of hydrogen-bond donors (Lipinski definition) is 1. The molecule has 2 aromatic heterocycles. The highest BCUT2D eigenvalue weighted by Crippen LogP contribution is 2.25. The second-order valence-electron chi connectivity index (χ2n) is 7.80. The number of benzene rings is 1. The normalized spacial score (nSPS) is 14.7. The number of amides is 2. The Kier molecular flexibility index (Phi) is 5.26. The number of aromatic nitrogens is 2. The van der Waals surface area contributed by atoms with Crippen molar-refractivity contribution in [3.63, 3.8) is 0 Å². The van der Waals surface area contributed by atoms with Crippen LogP contribution in [0.5, 0.6) is 0 Å². The number of likely N-dealkylation sites (tertiary alicyclic amines) is 1. The lowest BCUT2D eigenvalue weighted by molar-refractivity contribution is -0.130. The van der Waals surface area contributed by atoms with Crippen molar-refractivity contribution in [1.29, 1.82) is 0 Å². The van der Waals surface area contributed by atoms with Gasteiger partial charge in [0.25, 0.3) is 11.5 Å². The Labute approximate surface area is 177 Å². The van der Waals surface area contributed by atoms with Gasteiger partial charge in [-0.3, -0.25) is 19.4 Å². The van der Waals surface area contributed by atoms with Crippen LogP contribution in [-0.2, 0) is 4.79 Å². The predicted octanol–water partition coefficient (Wildman–Crippen LogP) is 1.66. The molecule has 0 saturated carbocycles. The molecule has 1 N–H and O–H groups in total. The summed E-state index contributed by atoms with van der Waals surface area (Å²) in [6.45, 7) is 4.05. The first-order valence-electron chi connectivity index (χ1n) is 10.2. The Bertz CT molecular complexity index is 1260. The number of nitrogens with one attached hydrogen (secondary N) is 1. The van der Waals surface area contributed by atoms with Gasteiger partial charge in [0.1, 0.15) is 11.1 Å². The van der Waals surface area contributed by atoms with Crippen molar-refractivity contribution >= 4 is 22.9 Å². The molecule has 0 bridgehead atoms. The summed E-state index contributed by atoms with van der Waals surface area (Å²) >= 11 is 0. The molecule has 1 aliphatic rings. The number of hydrogen-bond acceptors (Lipinski definition) is 5. The van der Waals surface area contributed by atoms with E-state index in [9.17, 15) is 19.2 Å². The van der Waals surface area contributed by atoms with Crippen molar-refractivity contribution in [2.45, 2.75) is 32.7 Å². The minimum atomic E-state index is -0.635. The van der Waals surface area contributed by atoms with Gasteiger partial charge >= 0.3 is 5.69 Å². The number of carbonyl (C=O) groups is 2. The Morgan fingerprint density at radius 3 is 2.39 bits per heavy atom. The number of nitrogens with zero attached hydrogens (tertiary/aromatic N) is 3. The molecule has 3 aromatic rings. The van der Waals surface area contributed by atoms with Crippen LogP contribution in [0, 0.1) is 6.92 Å². The number of para-hydroxylation sites is 1. The molecule has 0 unspecified atom stereocenters. The number of H-pyrrole nitrogens is 1. The fraction of sp³-hybridized carbons (Fsp3) is 0.364. The van der Waals surface area contributed by atoms with E-state index in [2.05, 4.69) is 4.98 Å².